The summed E-state index contributed by atoms with van der Waals surface area (Å²) in [6.07, 6.45) is 12.0. The zero-order valence-electron chi connectivity index (χ0n) is 13.2. The van der Waals surface area contributed by atoms with Gasteiger partial charge in [0.2, 0.25) is 0 Å². The molecule has 0 aliphatic rings. The zero-order valence-corrected chi connectivity index (χ0v) is 13.2. The molecule has 2 aromatic rings. The highest BCUT2D eigenvalue weighted by molar-refractivity contribution is 5.65. The van der Waals surface area contributed by atoms with E-state index in [2.05, 4.69) is 61.3 Å². The molecule has 0 saturated carbocycles. The highest BCUT2D eigenvalue weighted by Gasteiger charge is 2.03. The minimum atomic E-state index is 0.953. The van der Waals surface area contributed by atoms with Crippen LogP contribution in [0.15, 0.2) is 54.9 Å². The van der Waals surface area contributed by atoms with Gasteiger partial charge in [0.05, 0.1) is 0 Å². The Kier molecular flexibility index (Phi) is 6.21. The Morgan fingerprint density at radius 2 is 1.81 bits per heavy atom. The van der Waals surface area contributed by atoms with Crippen molar-refractivity contribution in [3.8, 4) is 0 Å². The predicted molar refractivity (Wildman–Crippen MR) is 91.3 cm³/mol. The van der Waals surface area contributed by atoms with Gasteiger partial charge in [-0.05, 0) is 47.6 Å². The second-order valence-corrected chi connectivity index (χ2v) is 5.51. The maximum absolute atomic E-state index is 4.45. The summed E-state index contributed by atoms with van der Waals surface area (Å²) in [5.74, 6) is 0. The molecule has 0 fully saturated rings. The molecule has 0 bridgehead atoms. The molecule has 0 atom stereocenters. The second-order valence-electron chi connectivity index (χ2n) is 5.51. The van der Waals surface area contributed by atoms with Gasteiger partial charge in [-0.15, -0.1) is 0 Å². The first-order valence-electron chi connectivity index (χ1n) is 8.00. The van der Waals surface area contributed by atoms with Crippen LogP contribution in [0.2, 0.25) is 0 Å². The molecule has 1 heterocycles. The monoisotopic (exact) mass is 279 g/mol. The number of rotatable bonds is 7. The summed E-state index contributed by atoms with van der Waals surface area (Å²) in [6.45, 7) is 4.46. The van der Waals surface area contributed by atoms with Crippen LogP contribution in [0.3, 0.4) is 0 Å². The highest BCUT2D eigenvalue weighted by atomic mass is 14.6. The number of allylic oxidation sites excluding steroid dienone is 2. The third-order valence-corrected chi connectivity index (χ3v) is 3.62. The van der Waals surface area contributed by atoms with Gasteiger partial charge in [0, 0.05) is 12.4 Å². The summed E-state index contributed by atoms with van der Waals surface area (Å²) in [4.78, 5) is 4.45. The number of nitrogens with zero attached hydrogens (tertiary/aromatic N) is 1. The topological polar surface area (TPSA) is 12.9 Å². The van der Waals surface area contributed by atoms with Crippen LogP contribution in [-0.2, 0) is 6.42 Å². The molecule has 0 aliphatic carbocycles. The normalized spacial score (nSPS) is 11.6. The molecular formula is C20H25N. The van der Waals surface area contributed by atoms with Crippen molar-refractivity contribution in [1.82, 2.24) is 4.98 Å². The molecule has 1 aromatic carbocycles. The van der Waals surface area contributed by atoms with Gasteiger partial charge in [-0.25, -0.2) is 0 Å². The molecule has 21 heavy (non-hydrogen) atoms. The van der Waals surface area contributed by atoms with E-state index < -0.39 is 0 Å². The number of hydrogen-bond acceptors (Lipinski definition) is 1. The summed E-state index contributed by atoms with van der Waals surface area (Å²) in [5.41, 5.74) is 5.36. The molecule has 0 saturated heterocycles. The number of hydrogen-bond donors (Lipinski definition) is 0. The lowest BCUT2D eigenvalue weighted by atomic mass is 9.98. The van der Waals surface area contributed by atoms with E-state index in [4.69, 9.17) is 0 Å². The average Bonchev–Trinajstić information content (AvgIpc) is 2.53. The van der Waals surface area contributed by atoms with Crippen LogP contribution in [-0.4, -0.2) is 4.98 Å². The van der Waals surface area contributed by atoms with Crippen molar-refractivity contribution in [2.45, 2.75) is 46.0 Å². The van der Waals surface area contributed by atoms with E-state index in [1.54, 1.807) is 0 Å². The lowest BCUT2D eigenvalue weighted by molar-refractivity contribution is 0.931. The van der Waals surface area contributed by atoms with Crippen molar-refractivity contribution in [3.05, 3.63) is 71.6 Å². The van der Waals surface area contributed by atoms with E-state index in [1.807, 2.05) is 12.4 Å². The van der Waals surface area contributed by atoms with Crippen LogP contribution < -0.4 is 0 Å². The van der Waals surface area contributed by atoms with Gasteiger partial charge in [-0.2, -0.15) is 0 Å². The largest absolute Gasteiger partial charge is 0.264 e. The molecule has 0 unspecified atom stereocenters. The van der Waals surface area contributed by atoms with Gasteiger partial charge >= 0.3 is 0 Å². The third kappa shape index (κ3) is 4.86. The SMILES string of the molecule is CCC/C=C(\CCC)c1cncc(Cc2ccccc2)c1. The van der Waals surface area contributed by atoms with Crippen LogP contribution in [0.4, 0.5) is 0 Å². The summed E-state index contributed by atoms with van der Waals surface area (Å²) in [5, 5.41) is 0. The first-order chi connectivity index (χ1) is 10.3. The van der Waals surface area contributed by atoms with E-state index >= 15 is 0 Å². The Morgan fingerprint density at radius 3 is 2.52 bits per heavy atom. The molecule has 0 aliphatic heterocycles. The molecular weight excluding hydrogens is 254 g/mol. The van der Waals surface area contributed by atoms with Crippen LogP contribution in [0.5, 0.6) is 0 Å². The summed E-state index contributed by atoms with van der Waals surface area (Å²) >= 11 is 0. The smallest absolute Gasteiger partial charge is 0.0343 e. The Labute approximate surface area is 128 Å². The standard InChI is InChI=1S/C20H25N/c1-3-5-12-19(9-4-2)20-14-18(15-21-16-20)13-17-10-7-6-8-11-17/h6-8,10-12,14-16H,3-5,9,13H2,1-2H3/b19-12+. The van der Waals surface area contributed by atoms with E-state index in [0.717, 1.165) is 19.3 Å². The van der Waals surface area contributed by atoms with Crippen molar-refractivity contribution in [2.75, 3.05) is 0 Å². The Balaban J connectivity index is 2.19. The van der Waals surface area contributed by atoms with E-state index in [1.165, 1.54) is 35.1 Å². The zero-order chi connectivity index (χ0) is 14.9. The Bertz CT molecular complexity index is 569. The fraction of sp³-hybridized carbons (Fsp3) is 0.350. The number of pyridine rings is 1. The quantitative estimate of drug-likeness (QED) is 0.637. The van der Waals surface area contributed by atoms with Crippen molar-refractivity contribution in [3.63, 3.8) is 0 Å². The molecule has 1 nitrogen and oxygen atoms in total. The lowest BCUT2D eigenvalue weighted by Gasteiger charge is -2.09. The van der Waals surface area contributed by atoms with Gasteiger partial charge < -0.3 is 0 Å². The average molecular weight is 279 g/mol. The van der Waals surface area contributed by atoms with Crippen molar-refractivity contribution in [1.29, 1.82) is 0 Å². The molecule has 1 aromatic heterocycles. The van der Waals surface area contributed by atoms with E-state index in [-0.39, 0.29) is 0 Å². The number of unbranched alkanes of at least 4 members (excludes halogenated alkanes) is 1. The molecule has 0 N–H and O–H groups in total. The first-order valence-corrected chi connectivity index (χ1v) is 8.00. The Hall–Kier alpha value is -1.89. The van der Waals surface area contributed by atoms with Gasteiger partial charge in [0.1, 0.15) is 0 Å². The van der Waals surface area contributed by atoms with Gasteiger partial charge in [0.25, 0.3) is 0 Å². The maximum atomic E-state index is 4.45. The second kappa shape index (κ2) is 8.41. The number of aromatic nitrogens is 1. The third-order valence-electron chi connectivity index (χ3n) is 3.62. The predicted octanol–water partition coefficient (Wildman–Crippen LogP) is 5.66. The first kappa shape index (κ1) is 15.5. The van der Waals surface area contributed by atoms with Crippen molar-refractivity contribution < 1.29 is 0 Å². The van der Waals surface area contributed by atoms with E-state index in [9.17, 15) is 0 Å². The van der Waals surface area contributed by atoms with Crippen LogP contribution in [0.25, 0.3) is 5.57 Å². The van der Waals surface area contributed by atoms with Crippen molar-refractivity contribution in [2.24, 2.45) is 0 Å². The van der Waals surface area contributed by atoms with Gasteiger partial charge in [-0.1, -0.05) is 63.1 Å². The summed E-state index contributed by atoms with van der Waals surface area (Å²) in [6, 6.07) is 12.9. The fourth-order valence-corrected chi connectivity index (χ4v) is 2.54. The van der Waals surface area contributed by atoms with Crippen LogP contribution in [0, 0.1) is 0 Å². The summed E-state index contributed by atoms with van der Waals surface area (Å²) in [7, 11) is 0. The molecule has 0 radical (unpaired) electrons. The molecule has 0 amide bonds. The van der Waals surface area contributed by atoms with Crippen molar-refractivity contribution >= 4 is 5.57 Å². The fourth-order valence-electron chi connectivity index (χ4n) is 2.54. The minimum Gasteiger partial charge on any atom is -0.264 e. The molecule has 110 valence electrons. The van der Waals surface area contributed by atoms with Crippen LogP contribution >= 0.6 is 0 Å². The maximum Gasteiger partial charge on any atom is 0.0343 e. The molecule has 2 rings (SSSR count). The van der Waals surface area contributed by atoms with E-state index in [0.29, 0.717) is 0 Å². The molecule has 0 spiro atoms. The highest BCUT2D eigenvalue weighted by Crippen LogP contribution is 2.22. The summed E-state index contributed by atoms with van der Waals surface area (Å²) < 4.78 is 0. The lowest BCUT2D eigenvalue weighted by Crippen LogP contribution is -1.93. The van der Waals surface area contributed by atoms with Gasteiger partial charge in [-0.3, -0.25) is 4.98 Å². The molecule has 1 heteroatoms. The Morgan fingerprint density at radius 1 is 1.00 bits per heavy atom. The van der Waals surface area contributed by atoms with Crippen LogP contribution in [0.1, 0.15) is 56.2 Å². The minimum absolute atomic E-state index is 0.953. The van der Waals surface area contributed by atoms with Gasteiger partial charge in [0.15, 0.2) is 0 Å². The number of benzene rings is 1.